The lowest BCUT2D eigenvalue weighted by Crippen LogP contribution is -3.00. The highest BCUT2D eigenvalue weighted by Gasteiger charge is 2.27. The number of ether oxygens (including phenoxy) is 2. The summed E-state index contributed by atoms with van der Waals surface area (Å²) in [4.78, 5) is 27.5. The topological polar surface area (TPSA) is 59.7 Å². The largest absolute Gasteiger partial charge is 1.00 e. The fraction of sp³-hybridized carbons (Fsp3) is 0.472. The number of hydrogen-bond donors (Lipinski definition) is 0. The third-order valence-electron chi connectivity index (χ3n) is 7.58. The number of rotatable bonds is 19. The van der Waals surface area contributed by atoms with Crippen LogP contribution in [0.1, 0.15) is 106 Å². The number of aryl methyl sites for hydroxylation is 1. The van der Waals surface area contributed by atoms with E-state index >= 15 is 0 Å². The number of imide groups is 1. The molecule has 240 valence electrons. The second-order valence-corrected chi connectivity index (χ2v) is 11.5. The molecule has 0 aliphatic carbocycles. The maximum atomic E-state index is 13.3. The number of amides is 2. The maximum Gasteiger partial charge on any atom is 0.417 e. The van der Waals surface area contributed by atoms with Crippen LogP contribution in [-0.4, -0.2) is 23.5 Å². The lowest BCUT2D eigenvalue weighted by Gasteiger charge is -2.19. The molecule has 3 rings (SSSR count). The molecule has 0 N–H and O–H groups in total. The van der Waals surface area contributed by atoms with Crippen LogP contribution in [0.3, 0.4) is 0 Å². The zero-order chi connectivity index (χ0) is 30.7. The van der Waals surface area contributed by atoms with Crippen molar-refractivity contribution < 1.29 is 47.6 Å². The predicted octanol–water partition coefficient (Wildman–Crippen LogP) is 6.23. The van der Waals surface area contributed by atoms with Gasteiger partial charge in [0, 0.05) is 17.7 Å². The molecular formula is C36H48ClIN2O4. The first kappa shape index (κ1) is 37.5. The number of nitrogens with zero attached hydrogens (tertiary/aromatic N) is 2. The van der Waals surface area contributed by atoms with Gasteiger partial charge in [0.05, 0.1) is 11.6 Å². The summed E-state index contributed by atoms with van der Waals surface area (Å²) in [6, 6.07) is 19.7. The highest BCUT2D eigenvalue weighted by atomic mass is 127. The highest BCUT2D eigenvalue weighted by molar-refractivity contribution is 6.32. The first-order valence-electron chi connectivity index (χ1n) is 15.9. The van der Waals surface area contributed by atoms with Crippen LogP contribution in [0.5, 0.6) is 5.75 Å². The van der Waals surface area contributed by atoms with Crippen molar-refractivity contribution in [3.63, 3.8) is 0 Å². The van der Waals surface area contributed by atoms with E-state index in [4.69, 9.17) is 21.1 Å². The zero-order valence-electron chi connectivity index (χ0n) is 26.3. The summed E-state index contributed by atoms with van der Waals surface area (Å²) < 4.78 is 13.4. The van der Waals surface area contributed by atoms with E-state index in [9.17, 15) is 9.59 Å². The molecule has 0 radical (unpaired) electrons. The average molecular weight is 735 g/mol. The summed E-state index contributed by atoms with van der Waals surface area (Å²) in [5, 5.41) is 0.473. The standard InChI is InChI=1S/C36H48ClN2O4.HI/c1-3-4-5-6-7-8-9-10-11-12-13-19-26-42-34-24-23-30(27-33(34)37)29-43-36(41)39(28-32-22-17-18-25-38(32)2)35(40)31-20-15-14-16-21-31;/h14-18,20-25,27H,3-13,19,26,28-29H2,1-2H3;1H/q+1;/p-1. The Bertz CT molecular complexity index is 1260. The third-order valence-corrected chi connectivity index (χ3v) is 7.88. The first-order chi connectivity index (χ1) is 21.0. The Labute approximate surface area is 286 Å². The van der Waals surface area contributed by atoms with Gasteiger partial charge in [-0.15, -0.1) is 0 Å². The van der Waals surface area contributed by atoms with Gasteiger partial charge in [0.25, 0.3) is 5.91 Å². The van der Waals surface area contributed by atoms with Crippen LogP contribution in [0.4, 0.5) is 4.79 Å². The molecule has 6 nitrogen and oxygen atoms in total. The number of carbonyl (C=O) groups excluding carboxylic acids is 2. The number of aromatic nitrogens is 1. The van der Waals surface area contributed by atoms with Crippen molar-refractivity contribution in [3.05, 3.63) is 94.8 Å². The SMILES string of the molecule is CCCCCCCCCCCCCCOc1ccc(COC(=O)N(Cc2cccc[n+]2C)C(=O)c2ccccc2)cc1Cl.[I-]. The molecule has 0 spiro atoms. The van der Waals surface area contributed by atoms with Crippen LogP contribution in [0, 0.1) is 0 Å². The van der Waals surface area contributed by atoms with Crippen molar-refractivity contribution in [1.29, 1.82) is 0 Å². The Balaban J connectivity index is 0.00000675. The van der Waals surface area contributed by atoms with E-state index in [1.54, 1.807) is 30.3 Å². The van der Waals surface area contributed by atoms with Crippen LogP contribution in [0.15, 0.2) is 72.9 Å². The maximum absolute atomic E-state index is 13.3. The van der Waals surface area contributed by atoms with E-state index in [1.165, 1.54) is 64.2 Å². The molecule has 2 amide bonds. The van der Waals surface area contributed by atoms with Crippen molar-refractivity contribution in [2.75, 3.05) is 6.61 Å². The number of benzene rings is 2. The number of pyridine rings is 1. The van der Waals surface area contributed by atoms with Crippen molar-refractivity contribution in [2.24, 2.45) is 7.05 Å². The molecule has 44 heavy (non-hydrogen) atoms. The second kappa shape index (κ2) is 22.0. The van der Waals surface area contributed by atoms with Gasteiger partial charge in [-0.1, -0.05) is 119 Å². The number of carbonyl (C=O) groups is 2. The lowest BCUT2D eigenvalue weighted by molar-refractivity contribution is -0.679. The van der Waals surface area contributed by atoms with Crippen molar-refractivity contribution >= 4 is 23.6 Å². The van der Waals surface area contributed by atoms with Crippen LogP contribution >= 0.6 is 11.6 Å². The molecule has 0 aliphatic rings. The van der Waals surface area contributed by atoms with E-state index in [0.29, 0.717) is 28.5 Å². The summed E-state index contributed by atoms with van der Waals surface area (Å²) in [6.45, 7) is 2.95. The van der Waals surface area contributed by atoms with Gasteiger partial charge in [-0.2, -0.15) is 0 Å². The van der Waals surface area contributed by atoms with Gasteiger partial charge in [-0.25, -0.2) is 14.3 Å². The Morgan fingerprint density at radius 1 is 0.795 bits per heavy atom. The van der Waals surface area contributed by atoms with Crippen LogP contribution in [-0.2, 0) is 24.9 Å². The molecule has 0 atom stereocenters. The van der Waals surface area contributed by atoms with E-state index < -0.39 is 12.0 Å². The average Bonchev–Trinajstić information content (AvgIpc) is 3.02. The molecule has 0 saturated carbocycles. The third kappa shape index (κ3) is 13.6. The molecule has 1 aromatic heterocycles. The number of hydrogen-bond acceptors (Lipinski definition) is 4. The molecule has 0 saturated heterocycles. The fourth-order valence-electron chi connectivity index (χ4n) is 4.94. The van der Waals surface area contributed by atoms with Gasteiger partial charge in [-0.3, -0.25) is 4.79 Å². The summed E-state index contributed by atoms with van der Waals surface area (Å²) in [7, 11) is 1.87. The Hall–Kier alpha value is -2.65. The predicted molar refractivity (Wildman–Crippen MR) is 172 cm³/mol. The highest BCUT2D eigenvalue weighted by Crippen LogP contribution is 2.26. The van der Waals surface area contributed by atoms with Crippen molar-refractivity contribution in [2.45, 2.75) is 97.1 Å². The first-order valence-corrected chi connectivity index (χ1v) is 16.3. The van der Waals surface area contributed by atoms with E-state index in [1.807, 2.05) is 54.2 Å². The Kier molecular flexibility index (Phi) is 18.7. The minimum Gasteiger partial charge on any atom is -1.00 e. The molecule has 3 aromatic rings. The summed E-state index contributed by atoms with van der Waals surface area (Å²) in [5.41, 5.74) is 1.92. The minimum atomic E-state index is -0.721. The van der Waals surface area contributed by atoms with Crippen molar-refractivity contribution in [1.82, 2.24) is 4.90 Å². The molecule has 0 unspecified atom stereocenters. The lowest BCUT2D eigenvalue weighted by atomic mass is 10.1. The van der Waals surface area contributed by atoms with Crippen LogP contribution in [0.2, 0.25) is 5.02 Å². The summed E-state index contributed by atoms with van der Waals surface area (Å²) in [6.07, 6.45) is 16.7. The normalized spacial score (nSPS) is 10.6. The smallest absolute Gasteiger partial charge is 0.417 e. The fourth-order valence-corrected chi connectivity index (χ4v) is 5.20. The number of unbranched alkanes of at least 4 members (excludes halogenated alkanes) is 11. The molecule has 8 heteroatoms. The molecule has 1 heterocycles. The van der Waals surface area contributed by atoms with Gasteiger partial charge >= 0.3 is 6.09 Å². The van der Waals surface area contributed by atoms with Gasteiger partial charge in [0.1, 0.15) is 25.9 Å². The Morgan fingerprint density at radius 3 is 2.02 bits per heavy atom. The molecule has 0 aliphatic heterocycles. The van der Waals surface area contributed by atoms with Gasteiger partial charge < -0.3 is 33.5 Å². The van der Waals surface area contributed by atoms with Gasteiger partial charge in [0.15, 0.2) is 6.20 Å². The summed E-state index contributed by atoms with van der Waals surface area (Å²) in [5.74, 6) is 0.200. The van der Waals surface area contributed by atoms with Crippen LogP contribution in [0.25, 0.3) is 0 Å². The molecular weight excluding hydrogens is 687 g/mol. The summed E-state index contributed by atoms with van der Waals surface area (Å²) >= 11 is 6.48. The second-order valence-electron chi connectivity index (χ2n) is 11.1. The monoisotopic (exact) mass is 734 g/mol. The Morgan fingerprint density at radius 2 is 1.41 bits per heavy atom. The quantitative estimate of drug-likeness (QED) is 0.0834. The van der Waals surface area contributed by atoms with E-state index in [2.05, 4.69) is 6.92 Å². The molecule has 0 fully saturated rings. The van der Waals surface area contributed by atoms with E-state index in [-0.39, 0.29) is 37.1 Å². The molecule has 0 bridgehead atoms. The van der Waals surface area contributed by atoms with Crippen molar-refractivity contribution in [3.8, 4) is 5.75 Å². The minimum absolute atomic E-state index is 0. The van der Waals surface area contributed by atoms with E-state index in [0.717, 1.165) is 23.4 Å². The van der Waals surface area contributed by atoms with Crippen LogP contribution < -0.4 is 33.3 Å². The van der Waals surface area contributed by atoms with Gasteiger partial charge in [0.2, 0.25) is 5.69 Å². The van der Waals surface area contributed by atoms with Gasteiger partial charge in [-0.05, 0) is 36.2 Å². The number of halogens is 2. The molecule has 2 aromatic carbocycles. The zero-order valence-corrected chi connectivity index (χ0v) is 29.2.